The van der Waals surface area contributed by atoms with Crippen molar-refractivity contribution in [2.45, 2.75) is 19.1 Å². The number of anilines is 2. The molecule has 1 atom stereocenters. The van der Waals surface area contributed by atoms with Gasteiger partial charge in [-0.3, -0.25) is 4.79 Å². The van der Waals surface area contributed by atoms with Crippen LogP contribution in [0, 0.1) is 0 Å². The van der Waals surface area contributed by atoms with Crippen molar-refractivity contribution in [1.82, 2.24) is 0 Å². The molecule has 2 N–H and O–H groups in total. The summed E-state index contributed by atoms with van der Waals surface area (Å²) in [6.45, 7) is 0.625. The quantitative estimate of drug-likeness (QED) is 0.911. The predicted molar refractivity (Wildman–Crippen MR) is 88.2 cm³/mol. The molecular formula is C17H17ClN2O2. The van der Waals surface area contributed by atoms with Crippen molar-refractivity contribution in [3.05, 3.63) is 59.1 Å². The summed E-state index contributed by atoms with van der Waals surface area (Å²) in [6.07, 6.45) is 0.716. The summed E-state index contributed by atoms with van der Waals surface area (Å²) in [5, 5.41) is 13.0. The van der Waals surface area contributed by atoms with Crippen molar-refractivity contribution in [3.63, 3.8) is 0 Å². The van der Waals surface area contributed by atoms with Gasteiger partial charge in [-0.2, -0.15) is 0 Å². The average molecular weight is 317 g/mol. The largest absolute Gasteiger partial charge is 0.392 e. The Morgan fingerprint density at radius 3 is 2.82 bits per heavy atom. The van der Waals surface area contributed by atoms with Crippen molar-refractivity contribution in [2.24, 2.45) is 0 Å². The number of carbonyl (C=O) groups is 1. The minimum Gasteiger partial charge on any atom is -0.392 e. The van der Waals surface area contributed by atoms with E-state index in [4.69, 9.17) is 11.6 Å². The molecule has 1 heterocycles. The molecule has 114 valence electrons. The van der Waals surface area contributed by atoms with Crippen LogP contribution in [0.3, 0.4) is 0 Å². The lowest BCUT2D eigenvalue weighted by Gasteiger charge is -2.19. The Balaban J connectivity index is 1.75. The zero-order valence-corrected chi connectivity index (χ0v) is 12.8. The van der Waals surface area contributed by atoms with Gasteiger partial charge in [0, 0.05) is 12.2 Å². The van der Waals surface area contributed by atoms with E-state index in [2.05, 4.69) is 5.32 Å². The Bertz CT molecular complexity index is 690. The second-order valence-corrected chi connectivity index (χ2v) is 5.69. The summed E-state index contributed by atoms with van der Waals surface area (Å²) in [5.74, 6) is 0.0162. The van der Waals surface area contributed by atoms with Gasteiger partial charge in [0.05, 0.1) is 17.3 Å². The van der Waals surface area contributed by atoms with Crippen molar-refractivity contribution < 1.29 is 9.90 Å². The number of hydrogen-bond donors (Lipinski definition) is 2. The molecule has 1 fully saturated rings. The highest BCUT2D eigenvalue weighted by Crippen LogP contribution is 2.30. The number of nitrogens with zero attached hydrogens (tertiary/aromatic N) is 1. The lowest BCUT2D eigenvalue weighted by atomic mass is 10.2. The van der Waals surface area contributed by atoms with E-state index in [0.29, 0.717) is 18.0 Å². The summed E-state index contributed by atoms with van der Waals surface area (Å²) in [6, 6.07) is 14.5. The van der Waals surface area contributed by atoms with E-state index >= 15 is 0 Å². The normalized spacial score (nSPS) is 17.8. The molecule has 1 aliphatic rings. The topological polar surface area (TPSA) is 52.6 Å². The number of carbonyl (C=O) groups excluding carboxylic acids is 1. The van der Waals surface area contributed by atoms with Crippen LogP contribution >= 0.6 is 11.6 Å². The molecule has 1 aliphatic heterocycles. The number of benzene rings is 2. The van der Waals surface area contributed by atoms with E-state index in [1.54, 1.807) is 11.0 Å². The van der Waals surface area contributed by atoms with Gasteiger partial charge in [-0.25, -0.2) is 0 Å². The summed E-state index contributed by atoms with van der Waals surface area (Å²) in [7, 11) is 0. The van der Waals surface area contributed by atoms with Crippen LogP contribution in [0.1, 0.15) is 12.0 Å². The van der Waals surface area contributed by atoms with Crippen LogP contribution in [0.2, 0.25) is 5.02 Å². The van der Waals surface area contributed by atoms with Crippen LogP contribution in [-0.2, 0) is 11.4 Å². The first-order valence-electron chi connectivity index (χ1n) is 7.21. The van der Waals surface area contributed by atoms with Crippen LogP contribution in [0.15, 0.2) is 48.5 Å². The highest BCUT2D eigenvalue weighted by Gasteiger charge is 2.33. The van der Waals surface area contributed by atoms with Gasteiger partial charge in [-0.05, 0) is 36.2 Å². The van der Waals surface area contributed by atoms with Crippen molar-refractivity contribution in [2.75, 3.05) is 16.8 Å². The number of amides is 1. The van der Waals surface area contributed by atoms with E-state index in [-0.39, 0.29) is 18.6 Å². The second kappa shape index (κ2) is 6.38. The molecule has 0 bridgehead atoms. The molecule has 0 aliphatic carbocycles. The third-order valence-corrected chi connectivity index (χ3v) is 4.12. The molecule has 0 radical (unpaired) electrons. The first-order valence-corrected chi connectivity index (χ1v) is 7.59. The van der Waals surface area contributed by atoms with E-state index in [1.807, 2.05) is 42.5 Å². The van der Waals surface area contributed by atoms with Gasteiger partial charge < -0.3 is 15.3 Å². The molecule has 2 aromatic carbocycles. The molecular weight excluding hydrogens is 300 g/mol. The Hall–Kier alpha value is -2.04. The fourth-order valence-corrected chi connectivity index (χ4v) is 2.92. The molecule has 0 aromatic heterocycles. The summed E-state index contributed by atoms with van der Waals surface area (Å²) < 4.78 is 0. The molecule has 5 heteroatoms. The highest BCUT2D eigenvalue weighted by molar-refractivity contribution is 6.34. The number of nitrogens with one attached hydrogen (secondary N) is 1. The first kappa shape index (κ1) is 14.9. The third-order valence-electron chi connectivity index (χ3n) is 3.80. The Labute approximate surface area is 134 Å². The number of aliphatic hydroxyl groups excluding tert-OH is 1. The van der Waals surface area contributed by atoms with E-state index < -0.39 is 0 Å². The standard InChI is InChI=1S/C17H17ClN2O2/c18-14-6-1-2-7-16(14)20-9-8-15(17(20)22)19-13-5-3-4-12(10-13)11-21/h1-7,10,15,19,21H,8-9,11H2. The lowest BCUT2D eigenvalue weighted by Crippen LogP contribution is -2.33. The number of rotatable bonds is 4. The Morgan fingerprint density at radius 2 is 2.05 bits per heavy atom. The number of halogens is 1. The molecule has 2 aromatic rings. The zero-order valence-electron chi connectivity index (χ0n) is 12.0. The van der Waals surface area contributed by atoms with Gasteiger partial charge in [-0.15, -0.1) is 0 Å². The van der Waals surface area contributed by atoms with Gasteiger partial charge in [0.2, 0.25) is 5.91 Å². The minimum absolute atomic E-state index is 0.0140. The summed E-state index contributed by atoms with van der Waals surface area (Å²) >= 11 is 6.18. The number of aliphatic hydroxyl groups is 1. The maximum Gasteiger partial charge on any atom is 0.249 e. The first-order chi connectivity index (χ1) is 10.7. The predicted octanol–water partition coefficient (Wildman–Crippen LogP) is 3.05. The summed E-state index contributed by atoms with van der Waals surface area (Å²) in [5.41, 5.74) is 2.41. The smallest absolute Gasteiger partial charge is 0.249 e. The molecule has 1 unspecified atom stereocenters. The van der Waals surface area contributed by atoms with E-state index in [9.17, 15) is 9.90 Å². The Kier molecular flexibility index (Phi) is 4.32. The average Bonchev–Trinajstić information content (AvgIpc) is 2.89. The highest BCUT2D eigenvalue weighted by atomic mass is 35.5. The van der Waals surface area contributed by atoms with Crippen molar-refractivity contribution in [3.8, 4) is 0 Å². The van der Waals surface area contributed by atoms with E-state index in [1.165, 1.54) is 0 Å². The van der Waals surface area contributed by atoms with Crippen LogP contribution in [-0.4, -0.2) is 23.6 Å². The van der Waals surface area contributed by atoms with E-state index in [0.717, 1.165) is 16.9 Å². The molecule has 22 heavy (non-hydrogen) atoms. The van der Waals surface area contributed by atoms with Crippen molar-refractivity contribution >= 4 is 28.9 Å². The maximum absolute atomic E-state index is 12.6. The van der Waals surface area contributed by atoms with Gasteiger partial charge in [0.25, 0.3) is 0 Å². The Morgan fingerprint density at radius 1 is 1.23 bits per heavy atom. The molecule has 1 saturated heterocycles. The molecule has 1 amide bonds. The molecule has 3 rings (SSSR count). The summed E-state index contributed by atoms with van der Waals surface area (Å²) in [4.78, 5) is 14.3. The van der Waals surface area contributed by atoms with Crippen LogP contribution in [0.5, 0.6) is 0 Å². The second-order valence-electron chi connectivity index (χ2n) is 5.29. The van der Waals surface area contributed by atoms with Gasteiger partial charge in [0.1, 0.15) is 6.04 Å². The number of hydrogen-bond acceptors (Lipinski definition) is 3. The fraction of sp³-hybridized carbons (Fsp3) is 0.235. The SMILES string of the molecule is O=C1C(Nc2cccc(CO)c2)CCN1c1ccccc1Cl. The zero-order chi connectivity index (χ0) is 15.5. The van der Waals surface area contributed by atoms with Crippen LogP contribution in [0.25, 0.3) is 0 Å². The monoisotopic (exact) mass is 316 g/mol. The fourth-order valence-electron chi connectivity index (χ4n) is 2.68. The van der Waals surface area contributed by atoms with Gasteiger partial charge in [-0.1, -0.05) is 35.9 Å². The van der Waals surface area contributed by atoms with Crippen LogP contribution in [0.4, 0.5) is 11.4 Å². The molecule has 0 saturated carbocycles. The maximum atomic E-state index is 12.6. The molecule has 0 spiro atoms. The van der Waals surface area contributed by atoms with Gasteiger partial charge >= 0.3 is 0 Å². The van der Waals surface area contributed by atoms with Crippen LogP contribution < -0.4 is 10.2 Å². The molecule has 4 nitrogen and oxygen atoms in total. The number of para-hydroxylation sites is 1. The van der Waals surface area contributed by atoms with Crippen molar-refractivity contribution in [1.29, 1.82) is 0 Å². The third kappa shape index (κ3) is 2.93. The van der Waals surface area contributed by atoms with Gasteiger partial charge in [0.15, 0.2) is 0 Å². The lowest BCUT2D eigenvalue weighted by molar-refractivity contribution is -0.117. The minimum atomic E-state index is -0.273.